The Balaban J connectivity index is 1.81. The van der Waals surface area contributed by atoms with Crippen molar-refractivity contribution >= 4 is 34.4 Å². The van der Waals surface area contributed by atoms with Crippen LogP contribution in [0.25, 0.3) is 11.0 Å². The quantitative estimate of drug-likeness (QED) is 0.533. The number of carbonyl (C=O) groups is 1. The molecule has 3 aromatic rings. The van der Waals surface area contributed by atoms with Crippen LogP contribution in [0.4, 0.5) is 5.69 Å². The van der Waals surface area contributed by atoms with E-state index in [-0.39, 0.29) is 17.2 Å². The van der Waals surface area contributed by atoms with Gasteiger partial charge in [-0.15, -0.1) is 0 Å². The molecule has 0 bridgehead atoms. The number of H-pyrrole nitrogens is 1. The Morgan fingerprint density at radius 3 is 2.62 bits per heavy atom. The lowest BCUT2D eigenvalue weighted by molar-refractivity contribution is -0.113. The van der Waals surface area contributed by atoms with Crippen LogP contribution in [0.3, 0.4) is 0 Å². The number of fused-ring (bicyclic) bond motifs is 1. The highest BCUT2D eigenvalue weighted by molar-refractivity contribution is 7.99. The van der Waals surface area contributed by atoms with Gasteiger partial charge in [-0.1, -0.05) is 30.0 Å². The Kier molecular flexibility index (Phi) is 5.18. The van der Waals surface area contributed by atoms with Crippen LogP contribution in [0.15, 0.2) is 34.2 Å². The van der Waals surface area contributed by atoms with Crippen molar-refractivity contribution in [3.05, 3.63) is 51.4 Å². The molecule has 136 valence electrons. The van der Waals surface area contributed by atoms with Gasteiger partial charge in [-0.05, 0) is 44.9 Å². The summed E-state index contributed by atoms with van der Waals surface area (Å²) in [6.45, 7) is 8.22. The zero-order valence-electron chi connectivity index (χ0n) is 15.3. The molecule has 0 fully saturated rings. The van der Waals surface area contributed by atoms with Crippen molar-refractivity contribution < 1.29 is 4.79 Å². The van der Waals surface area contributed by atoms with Gasteiger partial charge in [0.25, 0.3) is 5.56 Å². The van der Waals surface area contributed by atoms with E-state index in [9.17, 15) is 9.59 Å². The predicted octanol–water partition coefficient (Wildman–Crippen LogP) is 3.40. The molecule has 6 nitrogen and oxygen atoms in total. The Labute approximate surface area is 156 Å². The van der Waals surface area contributed by atoms with E-state index < -0.39 is 0 Å². The third-order valence-electron chi connectivity index (χ3n) is 4.23. The second-order valence-corrected chi connectivity index (χ2v) is 7.20. The number of benzene rings is 1. The fourth-order valence-electron chi connectivity index (χ4n) is 2.92. The first-order chi connectivity index (χ1) is 12.4. The van der Waals surface area contributed by atoms with Gasteiger partial charge in [-0.3, -0.25) is 14.2 Å². The highest BCUT2D eigenvalue weighted by Gasteiger charge is 2.14. The molecule has 0 unspecified atom stereocenters. The first-order valence-corrected chi connectivity index (χ1v) is 9.48. The van der Waals surface area contributed by atoms with Gasteiger partial charge in [-0.2, -0.15) is 0 Å². The van der Waals surface area contributed by atoms with Crippen LogP contribution in [-0.4, -0.2) is 26.2 Å². The molecule has 0 aliphatic heterocycles. The number of amides is 1. The first kappa shape index (κ1) is 18.3. The van der Waals surface area contributed by atoms with E-state index >= 15 is 0 Å². The van der Waals surface area contributed by atoms with Crippen LogP contribution in [0.5, 0.6) is 0 Å². The van der Waals surface area contributed by atoms with E-state index in [1.54, 1.807) is 4.57 Å². The number of nitrogens with one attached hydrogen (secondary N) is 2. The number of anilines is 1. The summed E-state index contributed by atoms with van der Waals surface area (Å²) in [5.41, 5.74) is 4.82. The Hall–Kier alpha value is -2.54. The molecule has 2 N–H and O–H groups in total. The molecule has 7 heteroatoms. The molecular formula is C19H22N4O2S. The number of hydrogen-bond donors (Lipinski definition) is 2. The third kappa shape index (κ3) is 3.53. The number of rotatable bonds is 5. The molecule has 0 saturated heterocycles. The summed E-state index contributed by atoms with van der Waals surface area (Å²) in [6, 6.07) is 7.74. The average molecular weight is 370 g/mol. The minimum atomic E-state index is -0.116. The van der Waals surface area contributed by atoms with Crippen LogP contribution in [-0.2, 0) is 11.3 Å². The lowest BCUT2D eigenvalue weighted by atomic mass is 10.1. The Bertz CT molecular complexity index is 1020. The van der Waals surface area contributed by atoms with Crippen LogP contribution in [0.2, 0.25) is 0 Å². The highest BCUT2D eigenvalue weighted by Crippen LogP contribution is 2.22. The monoisotopic (exact) mass is 370 g/mol. The fourth-order valence-corrected chi connectivity index (χ4v) is 3.78. The lowest BCUT2D eigenvalue weighted by Crippen LogP contribution is -2.23. The highest BCUT2D eigenvalue weighted by atomic mass is 32.2. The molecule has 0 aliphatic rings. The predicted molar refractivity (Wildman–Crippen MR) is 106 cm³/mol. The van der Waals surface area contributed by atoms with Gasteiger partial charge in [0.05, 0.1) is 11.3 Å². The summed E-state index contributed by atoms with van der Waals surface area (Å²) in [5.74, 6) is 0.0735. The standard InChI is InChI=1S/C19H22N4O2S/c1-5-23-18(25)17-14(9-13(4)20-17)21-19(23)26-10-15(24)22-16-11(2)7-6-8-12(16)3/h6-9,20H,5,10H2,1-4H3,(H,22,24). The second kappa shape index (κ2) is 7.37. The van der Waals surface area contributed by atoms with Crippen LogP contribution in [0.1, 0.15) is 23.7 Å². The van der Waals surface area contributed by atoms with Crippen molar-refractivity contribution in [2.24, 2.45) is 0 Å². The summed E-state index contributed by atoms with van der Waals surface area (Å²) >= 11 is 1.27. The molecular weight excluding hydrogens is 348 g/mol. The summed E-state index contributed by atoms with van der Waals surface area (Å²) < 4.78 is 1.59. The number of para-hydroxylation sites is 1. The van der Waals surface area contributed by atoms with E-state index in [0.29, 0.717) is 22.7 Å². The third-order valence-corrected chi connectivity index (χ3v) is 5.21. The van der Waals surface area contributed by atoms with Gasteiger partial charge in [0.15, 0.2) is 5.16 Å². The zero-order valence-corrected chi connectivity index (χ0v) is 16.2. The molecule has 1 aromatic carbocycles. The minimum Gasteiger partial charge on any atom is -0.353 e. The zero-order chi connectivity index (χ0) is 18.8. The van der Waals surface area contributed by atoms with Gasteiger partial charge in [0, 0.05) is 17.9 Å². The summed E-state index contributed by atoms with van der Waals surface area (Å²) in [4.78, 5) is 32.6. The van der Waals surface area contributed by atoms with E-state index in [4.69, 9.17) is 0 Å². The number of nitrogens with zero attached hydrogens (tertiary/aromatic N) is 2. The van der Waals surface area contributed by atoms with Crippen LogP contribution in [0, 0.1) is 20.8 Å². The molecule has 1 amide bonds. The minimum absolute atomic E-state index is 0.108. The van der Waals surface area contributed by atoms with Crippen molar-refractivity contribution in [2.75, 3.05) is 11.1 Å². The van der Waals surface area contributed by atoms with Crippen molar-refractivity contribution in [3.8, 4) is 0 Å². The molecule has 0 aliphatic carbocycles. The number of aromatic amines is 1. The van der Waals surface area contributed by atoms with Crippen molar-refractivity contribution in [2.45, 2.75) is 39.4 Å². The maximum Gasteiger partial charge on any atom is 0.278 e. The van der Waals surface area contributed by atoms with E-state index in [2.05, 4.69) is 15.3 Å². The number of carbonyl (C=O) groups excluding carboxylic acids is 1. The number of aryl methyl sites for hydroxylation is 3. The van der Waals surface area contributed by atoms with Gasteiger partial charge in [-0.25, -0.2) is 4.98 Å². The Morgan fingerprint density at radius 1 is 1.27 bits per heavy atom. The van der Waals surface area contributed by atoms with E-state index in [0.717, 1.165) is 22.5 Å². The van der Waals surface area contributed by atoms with Crippen molar-refractivity contribution in [1.29, 1.82) is 0 Å². The van der Waals surface area contributed by atoms with Gasteiger partial charge >= 0.3 is 0 Å². The SMILES string of the molecule is CCn1c(SCC(=O)Nc2c(C)cccc2C)nc2cc(C)[nH]c2c1=O. The molecule has 2 aromatic heterocycles. The second-order valence-electron chi connectivity index (χ2n) is 6.26. The normalized spacial score (nSPS) is 11.1. The van der Waals surface area contributed by atoms with Gasteiger partial charge in [0.1, 0.15) is 5.52 Å². The topological polar surface area (TPSA) is 79.8 Å². The summed E-state index contributed by atoms with van der Waals surface area (Å²) in [7, 11) is 0. The molecule has 0 saturated carbocycles. The van der Waals surface area contributed by atoms with Crippen molar-refractivity contribution in [3.63, 3.8) is 0 Å². The molecule has 3 rings (SSSR count). The molecule has 26 heavy (non-hydrogen) atoms. The van der Waals surface area contributed by atoms with E-state index in [1.807, 2.05) is 52.0 Å². The molecule has 0 radical (unpaired) electrons. The van der Waals surface area contributed by atoms with Crippen LogP contribution < -0.4 is 10.9 Å². The molecule has 0 atom stereocenters. The Morgan fingerprint density at radius 2 is 1.96 bits per heavy atom. The van der Waals surface area contributed by atoms with Crippen molar-refractivity contribution in [1.82, 2.24) is 14.5 Å². The van der Waals surface area contributed by atoms with Gasteiger partial charge in [0.2, 0.25) is 5.91 Å². The first-order valence-electron chi connectivity index (χ1n) is 8.49. The maximum absolute atomic E-state index is 12.6. The van der Waals surface area contributed by atoms with Crippen LogP contribution >= 0.6 is 11.8 Å². The van der Waals surface area contributed by atoms with E-state index in [1.165, 1.54) is 11.8 Å². The van der Waals surface area contributed by atoms with Gasteiger partial charge < -0.3 is 10.3 Å². The number of hydrogen-bond acceptors (Lipinski definition) is 4. The lowest BCUT2D eigenvalue weighted by Gasteiger charge is -2.12. The number of aromatic nitrogens is 3. The molecule has 0 spiro atoms. The summed E-state index contributed by atoms with van der Waals surface area (Å²) in [5, 5.41) is 3.52. The maximum atomic E-state index is 12.6. The largest absolute Gasteiger partial charge is 0.353 e. The summed E-state index contributed by atoms with van der Waals surface area (Å²) in [6.07, 6.45) is 0. The average Bonchev–Trinajstić information content (AvgIpc) is 2.97. The fraction of sp³-hybridized carbons (Fsp3) is 0.316. The number of thioether (sulfide) groups is 1. The molecule has 2 heterocycles. The smallest absolute Gasteiger partial charge is 0.278 e.